The number of carbonyl (C=O) groups is 3. The number of carbonyl (C=O) groups excluding carboxylic acids is 3. The van der Waals surface area contributed by atoms with Crippen LogP contribution in [0.15, 0.2) is 42.5 Å². The molecule has 146 valence electrons. The summed E-state index contributed by atoms with van der Waals surface area (Å²) in [6.45, 7) is 4.09. The maximum atomic E-state index is 12.1. The van der Waals surface area contributed by atoms with Crippen LogP contribution < -0.4 is 20.7 Å². The van der Waals surface area contributed by atoms with Gasteiger partial charge in [0.05, 0.1) is 5.92 Å². The van der Waals surface area contributed by atoms with Gasteiger partial charge in [0.25, 0.3) is 5.91 Å². The van der Waals surface area contributed by atoms with Crippen LogP contribution >= 0.6 is 0 Å². The molecule has 2 aromatic rings. The van der Waals surface area contributed by atoms with Crippen LogP contribution in [-0.2, 0) is 14.4 Å². The third-order valence-electron chi connectivity index (χ3n) is 4.70. The van der Waals surface area contributed by atoms with Crippen molar-refractivity contribution in [3.05, 3.63) is 53.6 Å². The zero-order valence-electron chi connectivity index (χ0n) is 15.9. The van der Waals surface area contributed by atoms with Gasteiger partial charge in [0, 0.05) is 24.3 Å². The molecule has 0 saturated carbocycles. The summed E-state index contributed by atoms with van der Waals surface area (Å²) in [4.78, 5) is 37.0. The number of rotatable bonds is 6. The molecule has 0 aromatic heterocycles. The molecule has 0 bridgehead atoms. The van der Waals surface area contributed by atoms with E-state index in [4.69, 9.17) is 10.5 Å². The molecule has 3 N–H and O–H groups in total. The normalized spacial score (nSPS) is 16.1. The fourth-order valence-electron chi connectivity index (χ4n) is 3.16. The molecule has 1 heterocycles. The zero-order chi connectivity index (χ0) is 20.3. The highest BCUT2D eigenvalue weighted by molar-refractivity contribution is 6.00. The lowest BCUT2D eigenvalue weighted by molar-refractivity contribution is -0.123. The Bertz CT molecular complexity index is 908. The third-order valence-corrected chi connectivity index (χ3v) is 4.70. The Balaban J connectivity index is 1.55. The number of anilines is 2. The number of hydrogen-bond donors (Lipinski definition) is 2. The van der Waals surface area contributed by atoms with E-state index in [-0.39, 0.29) is 31.4 Å². The highest BCUT2D eigenvalue weighted by Crippen LogP contribution is 2.26. The first-order valence-electron chi connectivity index (χ1n) is 9.03. The maximum Gasteiger partial charge on any atom is 0.262 e. The van der Waals surface area contributed by atoms with E-state index in [1.807, 2.05) is 32.0 Å². The second-order valence-corrected chi connectivity index (χ2v) is 6.96. The van der Waals surface area contributed by atoms with Crippen LogP contribution in [0.25, 0.3) is 0 Å². The van der Waals surface area contributed by atoms with Crippen molar-refractivity contribution >= 4 is 29.1 Å². The van der Waals surface area contributed by atoms with Crippen LogP contribution in [0.1, 0.15) is 17.5 Å². The third kappa shape index (κ3) is 4.49. The van der Waals surface area contributed by atoms with Gasteiger partial charge in [0.15, 0.2) is 6.61 Å². The van der Waals surface area contributed by atoms with E-state index in [1.54, 1.807) is 24.3 Å². The summed E-state index contributed by atoms with van der Waals surface area (Å²) in [5.41, 5.74) is 8.83. The molecule has 0 aliphatic carbocycles. The first-order chi connectivity index (χ1) is 13.3. The predicted octanol–water partition coefficient (Wildman–Crippen LogP) is 2.16. The van der Waals surface area contributed by atoms with Gasteiger partial charge in [-0.15, -0.1) is 0 Å². The van der Waals surface area contributed by atoms with Gasteiger partial charge < -0.3 is 20.7 Å². The van der Waals surface area contributed by atoms with Crippen molar-refractivity contribution in [2.75, 3.05) is 23.4 Å². The number of aryl methyl sites for hydroxylation is 2. The lowest BCUT2D eigenvalue weighted by Gasteiger charge is -2.17. The molecule has 0 radical (unpaired) electrons. The first kappa shape index (κ1) is 19.4. The van der Waals surface area contributed by atoms with E-state index in [2.05, 4.69) is 5.32 Å². The molecule has 0 unspecified atom stereocenters. The van der Waals surface area contributed by atoms with Gasteiger partial charge in [0.1, 0.15) is 5.75 Å². The number of ether oxygens (including phenoxy) is 1. The zero-order valence-corrected chi connectivity index (χ0v) is 15.9. The Labute approximate surface area is 163 Å². The quantitative estimate of drug-likeness (QED) is 0.800. The molecule has 3 rings (SSSR count). The van der Waals surface area contributed by atoms with E-state index >= 15 is 0 Å². The molecule has 7 nitrogen and oxygen atoms in total. The van der Waals surface area contributed by atoms with E-state index < -0.39 is 11.8 Å². The summed E-state index contributed by atoms with van der Waals surface area (Å²) < 4.78 is 5.52. The first-order valence-corrected chi connectivity index (χ1v) is 9.03. The van der Waals surface area contributed by atoms with E-state index in [1.165, 1.54) is 4.90 Å². The van der Waals surface area contributed by atoms with Crippen molar-refractivity contribution in [1.82, 2.24) is 0 Å². The number of hydrogen-bond acceptors (Lipinski definition) is 4. The molecule has 1 atom stereocenters. The minimum Gasteiger partial charge on any atom is -0.484 e. The standard InChI is InChI=1S/C21H23N3O4/c1-13-3-8-18(14(2)9-13)23-19(25)12-28-17-6-4-16(5-7-17)24-11-15(21(22)27)10-20(24)26/h3-9,15H,10-12H2,1-2H3,(H2,22,27)(H,23,25)/t15-/m0/s1. The van der Waals surface area contributed by atoms with Crippen LogP contribution in [0.4, 0.5) is 11.4 Å². The lowest BCUT2D eigenvalue weighted by atomic mass is 10.1. The number of benzene rings is 2. The van der Waals surface area contributed by atoms with Crippen LogP contribution in [0.3, 0.4) is 0 Å². The summed E-state index contributed by atoms with van der Waals surface area (Å²) in [5.74, 6) is -0.805. The summed E-state index contributed by atoms with van der Waals surface area (Å²) >= 11 is 0. The Morgan fingerprint density at radius 3 is 2.50 bits per heavy atom. The lowest BCUT2D eigenvalue weighted by Crippen LogP contribution is -2.28. The van der Waals surface area contributed by atoms with Gasteiger partial charge in [-0.3, -0.25) is 14.4 Å². The average molecular weight is 381 g/mol. The van der Waals surface area contributed by atoms with Gasteiger partial charge in [-0.2, -0.15) is 0 Å². The van der Waals surface area contributed by atoms with E-state index in [0.29, 0.717) is 11.4 Å². The van der Waals surface area contributed by atoms with Crippen molar-refractivity contribution in [1.29, 1.82) is 0 Å². The Hall–Kier alpha value is -3.35. The van der Waals surface area contributed by atoms with Crippen LogP contribution in [0.5, 0.6) is 5.75 Å². The average Bonchev–Trinajstić information content (AvgIpc) is 3.05. The molecule has 3 amide bonds. The number of primary amides is 1. The molecule has 1 aliphatic rings. The molecular weight excluding hydrogens is 358 g/mol. The second kappa shape index (κ2) is 8.12. The van der Waals surface area contributed by atoms with Gasteiger partial charge in [-0.25, -0.2) is 0 Å². The number of nitrogens with one attached hydrogen (secondary N) is 1. The maximum absolute atomic E-state index is 12.1. The summed E-state index contributed by atoms with van der Waals surface area (Å²) in [7, 11) is 0. The molecule has 1 fully saturated rings. The van der Waals surface area contributed by atoms with Crippen LogP contribution in [-0.4, -0.2) is 30.9 Å². The predicted molar refractivity (Wildman–Crippen MR) is 106 cm³/mol. The fraction of sp³-hybridized carbons (Fsp3) is 0.286. The molecule has 1 aliphatic heterocycles. The monoisotopic (exact) mass is 381 g/mol. The van der Waals surface area contributed by atoms with Crippen molar-refractivity contribution in [3.63, 3.8) is 0 Å². The van der Waals surface area contributed by atoms with E-state index in [0.717, 1.165) is 16.8 Å². The SMILES string of the molecule is Cc1ccc(NC(=O)COc2ccc(N3C[C@@H](C(N)=O)CC3=O)cc2)c(C)c1. The van der Waals surface area contributed by atoms with Crippen molar-refractivity contribution in [2.45, 2.75) is 20.3 Å². The van der Waals surface area contributed by atoms with Crippen molar-refractivity contribution in [2.24, 2.45) is 11.7 Å². The van der Waals surface area contributed by atoms with Gasteiger partial charge in [-0.1, -0.05) is 17.7 Å². The largest absolute Gasteiger partial charge is 0.484 e. The van der Waals surface area contributed by atoms with Crippen LogP contribution in [0, 0.1) is 19.8 Å². The number of nitrogens with zero attached hydrogens (tertiary/aromatic N) is 1. The molecular formula is C21H23N3O4. The summed E-state index contributed by atoms with van der Waals surface area (Å²) in [6, 6.07) is 12.6. The van der Waals surface area contributed by atoms with Crippen LogP contribution in [0.2, 0.25) is 0 Å². The molecule has 28 heavy (non-hydrogen) atoms. The second-order valence-electron chi connectivity index (χ2n) is 6.96. The van der Waals surface area contributed by atoms with Crippen molar-refractivity contribution < 1.29 is 19.1 Å². The Morgan fingerprint density at radius 1 is 1.18 bits per heavy atom. The van der Waals surface area contributed by atoms with Gasteiger partial charge in [-0.05, 0) is 49.7 Å². The number of amides is 3. The molecule has 7 heteroatoms. The Kier molecular flexibility index (Phi) is 5.63. The molecule has 0 spiro atoms. The minimum atomic E-state index is -0.467. The highest BCUT2D eigenvalue weighted by Gasteiger charge is 2.33. The number of nitrogens with two attached hydrogens (primary N) is 1. The topological polar surface area (TPSA) is 102 Å². The van der Waals surface area contributed by atoms with Crippen molar-refractivity contribution in [3.8, 4) is 5.75 Å². The fourth-order valence-corrected chi connectivity index (χ4v) is 3.16. The molecule has 1 saturated heterocycles. The Morgan fingerprint density at radius 2 is 1.89 bits per heavy atom. The van der Waals surface area contributed by atoms with Gasteiger partial charge in [0.2, 0.25) is 11.8 Å². The summed E-state index contributed by atoms with van der Waals surface area (Å²) in [6.07, 6.45) is 0.131. The van der Waals surface area contributed by atoms with E-state index in [9.17, 15) is 14.4 Å². The highest BCUT2D eigenvalue weighted by atomic mass is 16.5. The van der Waals surface area contributed by atoms with Gasteiger partial charge >= 0.3 is 0 Å². The minimum absolute atomic E-state index is 0.126. The smallest absolute Gasteiger partial charge is 0.262 e. The summed E-state index contributed by atoms with van der Waals surface area (Å²) in [5, 5.41) is 2.82. The molecule has 2 aromatic carbocycles.